The maximum Gasteiger partial charge on any atom is 0.314 e. The molecule has 7 heteroatoms. The monoisotopic (exact) mass is 442 g/mol. The number of likely N-dealkylation sites (tertiary alicyclic amines) is 2. The first-order chi connectivity index (χ1) is 15.5. The molecule has 7 nitrogen and oxygen atoms in total. The fourth-order valence-electron chi connectivity index (χ4n) is 5.88. The Kier molecular flexibility index (Phi) is 6.84. The summed E-state index contributed by atoms with van der Waals surface area (Å²) in [5, 5.41) is 10.8. The highest BCUT2D eigenvalue weighted by Gasteiger charge is 2.62. The Labute approximate surface area is 189 Å². The van der Waals surface area contributed by atoms with Crippen LogP contribution < -0.4 is 0 Å². The number of hydrogen-bond donors (Lipinski definition) is 1. The van der Waals surface area contributed by atoms with Gasteiger partial charge in [-0.15, -0.1) is 0 Å². The van der Waals surface area contributed by atoms with Crippen LogP contribution in [0.3, 0.4) is 0 Å². The van der Waals surface area contributed by atoms with E-state index >= 15 is 0 Å². The van der Waals surface area contributed by atoms with E-state index < -0.39 is 29.4 Å². The summed E-state index contributed by atoms with van der Waals surface area (Å²) in [6.45, 7) is 3.19. The second-order valence-corrected chi connectivity index (χ2v) is 9.42. The highest BCUT2D eigenvalue weighted by Crippen LogP contribution is 2.45. The molecular weight excluding hydrogens is 408 g/mol. The lowest BCUT2D eigenvalue weighted by Crippen LogP contribution is -2.58. The molecule has 2 amide bonds. The van der Waals surface area contributed by atoms with Crippen molar-refractivity contribution in [1.29, 1.82) is 0 Å². The normalized spacial score (nSPS) is 25.5. The number of esters is 1. The number of carbonyl (C=O) groups is 3. The van der Waals surface area contributed by atoms with Crippen molar-refractivity contribution in [3.63, 3.8) is 0 Å². The van der Waals surface area contributed by atoms with Gasteiger partial charge >= 0.3 is 5.97 Å². The maximum atomic E-state index is 13.1. The molecule has 32 heavy (non-hydrogen) atoms. The fraction of sp³-hybridized carbons (Fsp3) is 0.640. The maximum absolute atomic E-state index is 13.1. The lowest BCUT2D eigenvalue weighted by atomic mass is 9.75. The molecule has 3 fully saturated rings. The molecule has 1 N–H and O–H groups in total. The van der Waals surface area contributed by atoms with Gasteiger partial charge < -0.3 is 19.6 Å². The Morgan fingerprint density at radius 3 is 2.41 bits per heavy atom. The molecule has 1 aromatic rings. The summed E-state index contributed by atoms with van der Waals surface area (Å²) in [6, 6.07) is 9.60. The Hall–Kier alpha value is -2.41. The van der Waals surface area contributed by atoms with Crippen molar-refractivity contribution < 1.29 is 24.2 Å². The Bertz CT molecular complexity index is 828. The average Bonchev–Trinajstić information content (AvgIpc) is 3.37. The minimum Gasteiger partial charge on any atom is -0.466 e. The van der Waals surface area contributed by atoms with Gasteiger partial charge in [-0.1, -0.05) is 43.2 Å². The van der Waals surface area contributed by atoms with Gasteiger partial charge in [0.15, 0.2) is 0 Å². The predicted molar refractivity (Wildman–Crippen MR) is 118 cm³/mol. The van der Waals surface area contributed by atoms with Crippen LogP contribution in [-0.2, 0) is 25.7 Å². The van der Waals surface area contributed by atoms with Gasteiger partial charge in [0.25, 0.3) is 5.91 Å². The summed E-state index contributed by atoms with van der Waals surface area (Å²) in [7, 11) is 0. The number of carbonyl (C=O) groups excluding carboxylic acids is 3. The van der Waals surface area contributed by atoms with Crippen molar-refractivity contribution >= 4 is 17.8 Å². The number of aliphatic hydroxyl groups excluding tert-OH is 1. The molecule has 2 heterocycles. The number of piperidine rings is 1. The molecular formula is C25H34N2O5. The zero-order chi connectivity index (χ0) is 22.7. The molecule has 2 saturated heterocycles. The zero-order valence-corrected chi connectivity index (χ0v) is 18.9. The third-order valence-corrected chi connectivity index (χ3v) is 7.60. The van der Waals surface area contributed by atoms with Crippen molar-refractivity contribution in [2.75, 3.05) is 19.7 Å². The molecule has 1 spiro atoms. The number of amides is 2. The second kappa shape index (κ2) is 9.61. The van der Waals surface area contributed by atoms with Crippen LogP contribution in [0.4, 0.5) is 0 Å². The summed E-state index contributed by atoms with van der Waals surface area (Å²) in [5.41, 5.74) is 0.0969. The largest absolute Gasteiger partial charge is 0.466 e. The third-order valence-electron chi connectivity index (χ3n) is 7.60. The van der Waals surface area contributed by atoms with E-state index in [1.54, 1.807) is 11.8 Å². The number of nitrogens with zero attached hydrogens (tertiary/aromatic N) is 2. The van der Waals surface area contributed by atoms with Gasteiger partial charge in [0, 0.05) is 26.1 Å². The van der Waals surface area contributed by atoms with E-state index in [9.17, 15) is 19.5 Å². The summed E-state index contributed by atoms with van der Waals surface area (Å²) < 4.78 is 5.28. The molecule has 0 bridgehead atoms. The molecule has 0 unspecified atom stereocenters. The highest BCUT2D eigenvalue weighted by molar-refractivity contribution is 5.93. The van der Waals surface area contributed by atoms with Gasteiger partial charge in [-0.25, -0.2) is 0 Å². The van der Waals surface area contributed by atoms with Crippen molar-refractivity contribution in [1.82, 2.24) is 9.80 Å². The minimum atomic E-state index is -1.42. The van der Waals surface area contributed by atoms with Crippen LogP contribution in [0.25, 0.3) is 0 Å². The topological polar surface area (TPSA) is 87.2 Å². The summed E-state index contributed by atoms with van der Waals surface area (Å²) in [4.78, 5) is 42.4. The van der Waals surface area contributed by atoms with E-state index in [1.165, 1.54) is 12.8 Å². The number of aliphatic hydroxyl groups is 1. The van der Waals surface area contributed by atoms with Crippen LogP contribution in [0.2, 0.25) is 0 Å². The van der Waals surface area contributed by atoms with Crippen molar-refractivity contribution in [2.24, 2.45) is 11.8 Å². The van der Waals surface area contributed by atoms with E-state index in [4.69, 9.17) is 4.74 Å². The standard InChI is InChI=1S/C25H34N2O5/c1-2-32-24(31)21-22(29)23(30)27(17-19-10-4-3-5-11-19)25(21)12-14-26(15-13-25)20(28)16-18-8-6-7-9-18/h3-5,10-11,18,21-22,29H,2,6-9,12-17H2,1H3/t21-,22-/m1/s1. The van der Waals surface area contributed by atoms with Gasteiger partial charge in [-0.05, 0) is 44.1 Å². The van der Waals surface area contributed by atoms with Gasteiger partial charge in [0.05, 0.1) is 12.1 Å². The Balaban J connectivity index is 1.55. The van der Waals surface area contributed by atoms with Gasteiger partial charge in [-0.3, -0.25) is 14.4 Å². The first-order valence-electron chi connectivity index (χ1n) is 11.9. The molecule has 0 radical (unpaired) electrons. The SMILES string of the molecule is CCOC(=O)[C@H]1[C@@H](O)C(=O)N(Cc2ccccc2)C12CCN(C(=O)CC1CCCC1)CC2. The predicted octanol–water partition coefficient (Wildman–Crippen LogP) is 2.51. The molecule has 174 valence electrons. The van der Waals surface area contributed by atoms with Crippen molar-refractivity contribution in [3.05, 3.63) is 35.9 Å². The van der Waals surface area contributed by atoms with E-state index in [-0.39, 0.29) is 12.5 Å². The van der Waals surface area contributed by atoms with Crippen LogP contribution >= 0.6 is 0 Å². The molecule has 2 atom stereocenters. The Morgan fingerprint density at radius 1 is 1.12 bits per heavy atom. The molecule has 2 aliphatic heterocycles. The first-order valence-corrected chi connectivity index (χ1v) is 11.9. The molecule has 1 aromatic carbocycles. The summed E-state index contributed by atoms with van der Waals surface area (Å²) in [6.07, 6.45) is 4.75. The van der Waals surface area contributed by atoms with Crippen LogP contribution in [0.15, 0.2) is 30.3 Å². The number of benzene rings is 1. The van der Waals surface area contributed by atoms with Gasteiger partial charge in [-0.2, -0.15) is 0 Å². The molecule has 4 rings (SSSR count). The molecule has 3 aliphatic rings. The lowest BCUT2D eigenvalue weighted by Gasteiger charge is -2.47. The van der Waals surface area contributed by atoms with Crippen molar-refractivity contribution in [2.45, 2.75) is 70.1 Å². The van der Waals surface area contributed by atoms with E-state index in [1.807, 2.05) is 35.2 Å². The number of rotatable bonds is 6. The van der Waals surface area contributed by atoms with Gasteiger partial charge in [0.1, 0.15) is 12.0 Å². The molecule has 0 aromatic heterocycles. The lowest BCUT2D eigenvalue weighted by molar-refractivity contribution is -0.156. The second-order valence-electron chi connectivity index (χ2n) is 9.42. The third kappa shape index (κ3) is 4.27. The molecule has 1 saturated carbocycles. The highest BCUT2D eigenvalue weighted by atomic mass is 16.5. The fourth-order valence-corrected chi connectivity index (χ4v) is 5.88. The minimum absolute atomic E-state index is 0.166. The van der Waals surface area contributed by atoms with Crippen LogP contribution in [0.1, 0.15) is 57.4 Å². The Morgan fingerprint density at radius 2 is 1.78 bits per heavy atom. The van der Waals surface area contributed by atoms with Crippen molar-refractivity contribution in [3.8, 4) is 0 Å². The number of hydrogen-bond acceptors (Lipinski definition) is 5. The van der Waals surface area contributed by atoms with Crippen LogP contribution in [0.5, 0.6) is 0 Å². The van der Waals surface area contributed by atoms with Crippen LogP contribution in [0, 0.1) is 11.8 Å². The summed E-state index contributed by atoms with van der Waals surface area (Å²) in [5.74, 6) is -1.26. The van der Waals surface area contributed by atoms with E-state index in [0.717, 1.165) is 18.4 Å². The summed E-state index contributed by atoms with van der Waals surface area (Å²) >= 11 is 0. The number of ether oxygens (including phenoxy) is 1. The van der Waals surface area contributed by atoms with Gasteiger partial charge in [0.2, 0.25) is 5.91 Å². The average molecular weight is 443 g/mol. The zero-order valence-electron chi connectivity index (χ0n) is 18.9. The smallest absolute Gasteiger partial charge is 0.314 e. The quantitative estimate of drug-likeness (QED) is 0.684. The molecule has 1 aliphatic carbocycles. The first kappa shape index (κ1) is 22.8. The van der Waals surface area contributed by atoms with E-state index in [0.29, 0.717) is 44.8 Å². The van der Waals surface area contributed by atoms with Crippen LogP contribution in [-0.4, -0.2) is 64.0 Å². The van der Waals surface area contributed by atoms with E-state index in [2.05, 4.69) is 0 Å².